The minimum absolute atomic E-state index is 0.105. The normalized spacial score (nSPS) is 18.9. The van der Waals surface area contributed by atoms with Gasteiger partial charge in [-0.25, -0.2) is 0 Å². The fourth-order valence-corrected chi connectivity index (χ4v) is 7.99. The van der Waals surface area contributed by atoms with Gasteiger partial charge in [-0.2, -0.15) is 0 Å². The molecule has 0 radical (unpaired) electrons. The van der Waals surface area contributed by atoms with Gasteiger partial charge in [0.05, 0.1) is 48.8 Å². The predicted octanol–water partition coefficient (Wildman–Crippen LogP) is 7.50. The molecule has 0 saturated heterocycles. The van der Waals surface area contributed by atoms with Gasteiger partial charge in [0.2, 0.25) is 0 Å². The van der Waals surface area contributed by atoms with Gasteiger partial charge >= 0.3 is 0 Å². The number of carbonyl (C=O) groups excluding carboxylic acids is 3. The third kappa shape index (κ3) is 5.72. The molecule has 0 fully saturated rings. The van der Waals surface area contributed by atoms with E-state index in [2.05, 4.69) is 6.08 Å². The smallest absolute Gasteiger partial charge is 0.261 e. The summed E-state index contributed by atoms with van der Waals surface area (Å²) in [5.41, 5.74) is 8.03. The molecule has 270 valence electrons. The highest BCUT2D eigenvalue weighted by atomic mass is 16.5. The van der Waals surface area contributed by atoms with E-state index < -0.39 is 0 Å². The number of amides is 2. The van der Waals surface area contributed by atoms with E-state index in [1.165, 1.54) is 19.8 Å². The molecule has 0 aromatic heterocycles. The summed E-state index contributed by atoms with van der Waals surface area (Å²) in [6, 6.07) is 19.8. The number of hydrogen-bond acceptors (Lipinski definition) is 9. The van der Waals surface area contributed by atoms with Crippen LogP contribution in [-0.4, -0.2) is 61.7 Å². The lowest BCUT2D eigenvalue weighted by atomic mass is 10.0. The van der Waals surface area contributed by atoms with E-state index in [0.717, 1.165) is 53.6 Å². The van der Waals surface area contributed by atoms with Crippen molar-refractivity contribution < 1.29 is 33.3 Å². The van der Waals surface area contributed by atoms with Crippen LogP contribution < -0.4 is 23.8 Å². The van der Waals surface area contributed by atoms with Gasteiger partial charge in [-0.1, -0.05) is 24.3 Å². The lowest BCUT2D eigenvalue weighted by Gasteiger charge is -2.24. The summed E-state index contributed by atoms with van der Waals surface area (Å²) in [7, 11) is 3.06. The lowest BCUT2D eigenvalue weighted by molar-refractivity contribution is 0.0806. The Morgan fingerprint density at radius 1 is 0.741 bits per heavy atom. The standard InChI is InChI=1S/C43H36N4O7/c1-51-38-16-32-34(44-20-30-14-28-7-3-5-9-36(28)46(30)42(32)49)18-40(38)53-23-26-11-25(22-48)12-27(13-26)24-54-41-19-35-33(17-39(41)52-2)43(50)47-31(21-45-35)15-29-8-4-6-10-37(29)47/h3,5-7,9-13,16-22,30-31H,4,8,14-15,23-24H2,1-2H3/t30?,31-/m0/s1. The van der Waals surface area contributed by atoms with Crippen LogP contribution in [0.4, 0.5) is 17.1 Å². The van der Waals surface area contributed by atoms with Crippen molar-refractivity contribution >= 4 is 47.6 Å². The zero-order valence-electron chi connectivity index (χ0n) is 29.8. The summed E-state index contributed by atoms with van der Waals surface area (Å²) >= 11 is 0. The van der Waals surface area contributed by atoms with Crippen LogP contribution in [0.1, 0.15) is 67.0 Å². The van der Waals surface area contributed by atoms with E-state index in [1.807, 2.05) is 53.7 Å². The van der Waals surface area contributed by atoms with Gasteiger partial charge in [-0.05, 0) is 84.0 Å². The fraction of sp³-hybridized carbons (Fsp3) is 0.233. The number of fused-ring (bicyclic) bond motifs is 7. The third-order valence-corrected chi connectivity index (χ3v) is 10.5. The number of nitrogens with zero attached hydrogens (tertiary/aromatic N) is 4. The molecule has 11 nitrogen and oxygen atoms in total. The number of carbonyl (C=O) groups is 3. The maximum absolute atomic E-state index is 13.8. The fourth-order valence-electron chi connectivity index (χ4n) is 7.99. The second-order valence-corrected chi connectivity index (χ2v) is 13.8. The maximum Gasteiger partial charge on any atom is 0.261 e. The average molecular weight is 721 g/mol. The number of methoxy groups -OCH3 is 2. The maximum atomic E-state index is 13.8. The van der Waals surface area contributed by atoms with Crippen LogP contribution in [0.3, 0.4) is 0 Å². The minimum Gasteiger partial charge on any atom is -0.493 e. The van der Waals surface area contributed by atoms with Gasteiger partial charge in [0.25, 0.3) is 11.8 Å². The average Bonchev–Trinajstić information content (AvgIpc) is 3.70. The van der Waals surface area contributed by atoms with Crippen molar-refractivity contribution in [2.75, 3.05) is 19.1 Å². The number of allylic oxidation sites excluding steroid dienone is 2. The van der Waals surface area contributed by atoms with Crippen LogP contribution in [0, 0.1) is 0 Å². The molecule has 0 bridgehead atoms. The highest BCUT2D eigenvalue weighted by Gasteiger charge is 2.39. The van der Waals surface area contributed by atoms with Crippen LogP contribution in [0.25, 0.3) is 0 Å². The van der Waals surface area contributed by atoms with Crippen LogP contribution in [0.2, 0.25) is 0 Å². The van der Waals surface area contributed by atoms with Gasteiger partial charge in [0.15, 0.2) is 23.0 Å². The van der Waals surface area contributed by atoms with E-state index >= 15 is 0 Å². The van der Waals surface area contributed by atoms with Crippen LogP contribution in [0.15, 0.2) is 100 Å². The Bertz CT molecular complexity index is 2380. The molecule has 54 heavy (non-hydrogen) atoms. The van der Waals surface area contributed by atoms with Crippen molar-refractivity contribution in [2.24, 2.45) is 9.98 Å². The van der Waals surface area contributed by atoms with Crippen molar-refractivity contribution in [1.29, 1.82) is 0 Å². The SMILES string of the molecule is COc1cc2c(cc1OCc1cc(C=O)cc(COc3cc4c(cc3OC)C(=O)N3C5=C(CCC=C5)C[C@H]3C=N4)c1)N=CC1Cc3ccccc3N1C2=O. The summed E-state index contributed by atoms with van der Waals surface area (Å²) in [6.07, 6.45) is 12.0. The molecule has 4 aromatic carbocycles. The first kappa shape index (κ1) is 33.4. The number of ether oxygens (including phenoxy) is 4. The molecule has 1 unspecified atom stereocenters. The summed E-state index contributed by atoms with van der Waals surface area (Å²) < 4.78 is 23.9. The topological polar surface area (TPSA) is 119 Å². The summed E-state index contributed by atoms with van der Waals surface area (Å²) in [5, 5.41) is 0. The second-order valence-electron chi connectivity index (χ2n) is 13.8. The van der Waals surface area contributed by atoms with Gasteiger partial charge < -0.3 is 18.9 Å². The van der Waals surface area contributed by atoms with Gasteiger partial charge in [0, 0.05) is 47.9 Å². The van der Waals surface area contributed by atoms with Crippen molar-refractivity contribution in [3.05, 3.63) is 124 Å². The quantitative estimate of drug-likeness (QED) is 0.164. The number of anilines is 1. The zero-order chi connectivity index (χ0) is 36.9. The minimum atomic E-state index is -0.177. The van der Waals surface area contributed by atoms with Crippen LogP contribution in [0.5, 0.6) is 23.0 Å². The predicted molar refractivity (Wildman–Crippen MR) is 204 cm³/mol. The molecular weight excluding hydrogens is 684 g/mol. The van der Waals surface area contributed by atoms with Crippen molar-refractivity contribution in [3.63, 3.8) is 0 Å². The Morgan fingerprint density at radius 2 is 1.35 bits per heavy atom. The molecule has 0 saturated carbocycles. The molecule has 2 amide bonds. The molecule has 2 atom stereocenters. The van der Waals surface area contributed by atoms with Gasteiger partial charge in [0.1, 0.15) is 19.5 Å². The summed E-state index contributed by atoms with van der Waals surface area (Å²) in [6.45, 7) is 0.213. The molecule has 4 heterocycles. The van der Waals surface area contributed by atoms with Gasteiger partial charge in [-0.3, -0.25) is 34.2 Å². The summed E-state index contributed by atoms with van der Waals surface area (Å²) in [4.78, 5) is 52.7. The Kier molecular flexibility index (Phi) is 8.33. The van der Waals surface area contributed by atoms with E-state index in [-0.39, 0.29) is 37.1 Å². The first-order valence-corrected chi connectivity index (χ1v) is 17.9. The first-order chi connectivity index (χ1) is 26.4. The molecule has 5 aliphatic rings. The van der Waals surface area contributed by atoms with Crippen LogP contribution in [-0.2, 0) is 19.6 Å². The Hall–Kier alpha value is -6.49. The van der Waals surface area contributed by atoms with Crippen molar-refractivity contribution in [1.82, 2.24) is 4.90 Å². The molecular formula is C43H36N4O7. The number of para-hydroxylation sites is 1. The Balaban J connectivity index is 0.935. The lowest BCUT2D eigenvalue weighted by Crippen LogP contribution is -2.37. The molecule has 0 N–H and O–H groups in total. The van der Waals surface area contributed by atoms with Crippen LogP contribution >= 0.6 is 0 Å². The highest BCUT2D eigenvalue weighted by Crippen LogP contribution is 2.43. The highest BCUT2D eigenvalue weighted by molar-refractivity contribution is 6.14. The van der Waals surface area contributed by atoms with E-state index in [0.29, 0.717) is 57.5 Å². The van der Waals surface area contributed by atoms with E-state index in [9.17, 15) is 14.4 Å². The zero-order valence-corrected chi connectivity index (χ0v) is 29.8. The molecule has 1 aliphatic carbocycles. The second kappa shape index (κ2) is 13.5. The monoisotopic (exact) mass is 720 g/mol. The molecule has 4 aliphatic heterocycles. The molecule has 0 spiro atoms. The number of rotatable bonds is 9. The number of hydrogen-bond donors (Lipinski definition) is 0. The molecule has 4 aromatic rings. The number of aliphatic imine (C=N–C) groups is 2. The molecule has 9 rings (SSSR count). The Morgan fingerprint density at radius 3 is 1.98 bits per heavy atom. The van der Waals surface area contributed by atoms with Crippen molar-refractivity contribution in [3.8, 4) is 23.0 Å². The Labute approximate surface area is 311 Å². The molecule has 11 heteroatoms. The number of benzene rings is 4. The number of aldehydes is 1. The van der Waals surface area contributed by atoms with E-state index in [4.69, 9.17) is 28.9 Å². The summed E-state index contributed by atoms with van der Waals surface area (Å²) in [5.74, 6) is 1.36. The first-order valence-electron chi connectivity index (χ1n) is 17.9. The third-order valence-electron chi connectivity index (χ3n) is 10.5. The van der Waals surface area contributed by atoms with Gasteiger partial charge in [-0.15, -0.1) is 0 Å². The largest absolute Gasteiger partial charge is 0.493 e. The van der Waals surface area contributed by atoms with E-state index in [1.54, 1.807) is 41.3 Å². The van der Waals surface area contributed by atoms with Crippen molar-refractivity contribution in [2.45, 2.75) is 51.0 Å².